The van der Waals surface area contributed by atoms with Gasteiger partial charge in [-0.2, -0.15) is 0 Å². The van der Waals surface area contributed by atoms with Crippen LogP contribution in [0, 0.1) is 17.7 Å². The van der Waals surface area contributed by atoms with Gasteiger partial charge in [0.25, 0.3) is 5.91 Å². The highest BCUT2D eigenvalue weighted by Gasteiger charge is 2.41. The number of rotatable bonds is 5. The van der Waals surface area contributed by atoms with E-state index in [4.69, 9.17) is 37.4 Å². The molecule has 1 amide bonds. The fraction of sp³-hybridized carbons (Fsp3) is 0.429. The number of carbonyl (C=O) groups excluding carboxylic acids is 2. The zero-order chi connectivity index (χ0) is 31.7. The van der Waals surface area contributed by atoms with Gasteiger partial charge in [0.1, 0.15) is 11.6 Å². The first-order chi connectivity index (χ1) is 22.3. The van der Waals surface area contributed by atoms with Gasteiger partial charge in [-0.05, 0) is 61.8 Å². The summed E-state index contributed by atoms with van der Waals surface area (Å²) in [4.78, 5) is 32.6. The zero-order valence-corrected chi connectivity index (χ0v) is 27.0. The lowest BCUT2D eigenvalue weighted by Gasteiger charge is -2.37. The number of benzene rings is 3. The summed E-state index contributed by atoms with van der Waals surface area (Å²) in [6.07, 6.45) is 4.39. The van der Waals surface area contributed by atoms with Crippen molar-refractivity contribution in [1.82, 2.24) is 4.90 Å². The summed E-state index contributed by atoms with van der Waals surface area (Å²) in [6, 6.07) is 12.3. The number of para-hydroxylation sites is 1. The third-order valence-electron chi connectivity index (χ3n) is 10.5. The number of nitrogens with zero attached hydrogens (tertiary/aromatic N) is 3. The SMILES string of the molecule is COC(=O)c1cc(F)c(-c2cccc3c2OCN(C(=O)c2c(Cl)cc(N4C[C@H]5CC[C@H]5C4)cc2Cl)C3)cc1N1C2CCC1COC2. The summed E-state index contributed by atoms with van der Waals surface area (Å²) in [6.45, 7) is 3.25. The number of ether oxygens (including phenoxy) is 3. The molecule has 3 saturated heterocycles. The number of methoxy groups -OCH3 is 1. The van der Waals surface area contributed by atoms with Crippen LogP contribution in [-0.2, 0) is 16.0 Å². The fourth-order valence-corrected chi connectivity index (χ4v) is 8.61. The highest BCUT2D eigenvalue weighted by Crippen LogP contribution is 2.45. The molecule has 3 aromatic rings. The third kappa shape index (κ3) is 4.90. The number of hydrogen-bond donors (Lipinski definition) is 0. The quantitative estimate of drug-likeness (QED) is 0.278. The molecule has 8 rings (SSSR count). The molecule has 4 heterocycles. The van der Waals surface area contributed by atoms with Crippen molar-refractivity contribution in [3.8, 4) is 16.9 Å². The maximum atomic E-state index is 15.9. The van der Waals surface area contributed by atoms with E-state index in [1.165, 1.54) is 26.0 Å². The molecule has 4 aliphatic heterocycles. The smallest absolute Gasteiger partial charge is 0.340 e. The van der Waals surface area contributed by atoms with E-state index in [1.54, 1.807) is 17.0 Å². The highest BCUT2D eigenvalue weighted by molar-refractivity contribution is 6.40. The van der Waals surface area contributed by atoms with Crippen molar-refractivity contribution >= 4 is 46.5 Å². The van der Waals surface area contributed by atoms with Crippen LogP contribution in [0.25, 0.3) is 11.1 Å². The Bertz CT molecular complexity index is 1700. The number of esters is 1. The maximum Gasteiger partial charge on any atom is 0.340 e. The van der Waals surface area contributed by atoms with Crippen LogP contribution in [0.15, 0.2) is 42.5 Å². The fourth-order valence-electron chi connectivity index (χ4n) is 7.97. The van der Waals surface area contributed by atoms with Crippen LogP contribution < -0.4 is 14.5 Å². The molecule has 3 aromatic carbocycles. The van der Waals surface area contributed by atoms with Gasteiger partial charge in [-0.25, -0.2) is 9.18 Å². The van der Waals surface area contributed by atoms with Gasteiger partial charge in [-0.15, -0.1) is 0 Å². The molecular weight excluding hydrogens is 632 g/mol. The molecule has 0 spiro atoms. The first-order valence-electron chi connectivity index (χ1n) is 15.9. The Hall–Kier alpha value is -3.53. The number of amides is 1. The molecule has 1 saturated carbocycles. The molecule has 2 unspecified atom stereocenters. The van der Waals surface area contributed by atoms with Crippen LogP contribution in [0.2, 0.25) is 10.0 Å². The minimum absolute atomic E-state index is 0.0604. The predicted molar refractivity (Wildman–Crippen MR) is 174 cm³/mol. The van der Waals surface area contributed by atoms with E-state index in [2.05, 4.69) is 9.80 Å². The Balaban J connectivity index is 1.09. The van der Waals surface area contributed by atoms with Gasteiger partial charge >= 0.3 is 5.97 Å². The minimum Gasteiger partial charge on any atom is -0.472 e. The molecule has 0 N–H and O–H groups in total. The third-order valence-corrected chi connectivity index (χ3v) is 11.1. The second-order valence-electron chi connectivity index (χ2n) is 13.0. The number of morpholine rings is 1. The molecule has 11 heteroatoms. The molecule has 240 valence electrons. The number of halogens is 3. The van der Waals surface area contributed by atoms with Gasteiger partial charge in [0.2, 0.25) is 0 Å². The van der Waals surface area contributed by atoms with Crippen molar-refractivity contribution in [1.29, 1.82) is 0 Å². The lowest BCUT2D eigenvalue weighted by Crippen LogP contribution is -2.46. The van der Waals surface area contributed by atoms with Gasteiger partial charge in [0.05, 0.1) is 65.8 Å². The first-order valence-corrected chi connectivity index (χ1v) is 16.6. The van der Waals surface area contributed by atoms with Crippen LogP contribution >= 0.6 is 23.2 Å². The molecule has 0 aromatic heterocycles. The number of carbonyl (C=O) groups is 2. The topological polar surface area (TPSA) is 71.6 Å². The average Bonchev–Trinajstić information content (AvgIpc) is 3.48. The Morgan fingerprint density at radius 3 is 2.28 bits per heavy atom. The average molecular weight is 667 g/mol. The summed E-state index contributed by atoms with van der Waals surface area (Å²) in [5.74, 6) is 0.458. The van der Waals surface area contributed by atoms with Crippen molar-refractivity contribution < 1.29 is 28.2 Å². The Morgan fingerprint density at radius 2 is 1.63 bits per heavy atom. The normalized spacial score (nSPS) is 24.7. The maximum absolute atomic E-state index is 15.9. The van der Waals surface area contributed by atoms with Gasteiger partial charge in [-0.1, -0.05) is 41.4 Å². The van der Waals surface area contributed by atoms with Crippen molar-refractivity contribution in [3.05, 3.63) is 75.0 Å². The molecule has 0 radical (unpaired) electrons. The van der Waals surface area contributed by atoms with E-state index < -0.39 is 11.8 Å². The summed E-state index contributed by atoms with van der Waals surface area (Å²) >= 11 is 13.4. The second-order valence-corrected chi connectivity index (χ2v) is 13.8. The summed E-state index contributed by atoms with van der Waals surface area (Å²) in [7, 11) is 1.30. The monoisotopic (exact) mass is 665 g/mol. The van der Waals surface area contributed by atoms with Gasteiger partial charge in [0.15, 0.2) is 6.73 Å². The molecule has 5 aliphatic rings. The standard InChI is InChI=1S/C35H34Cl2FN3O5/c1-44-35(43)27-11-30(38)26(12-31(27)41-22-7-8-23(41)17-45-16-22)25-4-2-3-21-15-40(18-46-33(21)25)34(42)32-28(36)9-24(10-29(32)37)39-13-19-5-6-20(19)14-39/h2-4,9-12,19-20,22-23H,5-8,13-18H2,1H3/t19-,20+,22?,23?. The van der Waals surface area contributed by atoms with Crippen molar-refractivity contribution in [2.75, 3.05) is 49.9 Å². The van der Waals surface area contributed by atoms with Crippen LogP contribution in [0.5, 0.6) is 5.75 Å². The lowest BCUT2D eigenvalue weighted by atomic mass is 9.77. The molecule has 46 heavy (non-hydrogen) atoms. The molecule has 8 nitrogen and oxygen atoms in total. The molecule has 4 fully saturated rings. The summed E-state index contributed by atoms with van der Waals surface area (Å²) in [5.41, 5.74) is 3.56. The van der Waals surface area contributed by atoms with E-state index in [-0.39, 0.29) is 42.4 Å². The summed E-state index contributed by atoms with van der Waals surface area (Å²) < 4.78 is 32.8. The Labute approximate surface area is 276 Å². The zero-order valence-electron chi connectivity index (χ0n) is 25.4. The van der Waals surface area contributed by atoms with E-state index in [1.807, 2.05) is 24.3 Å². The Morgan fingerprint density at radius 1 is 0.935 bits per heavy atom. The predicted octanol–water partition coefficient (Wildman–Crippen LogP) is 6.79. The van der Waals surface area contributed by atoms with E-state index in [9.17, 15) is 9.59 Å². The van der Waals surface area contributed by atoms with Crippen molar-refractivity contribution in [3.63, 3.8) is 0 Å². The second kappa shape index (κ2) is 11.6. The van der Waals surface area contributed by atoms with Crippen LogP contribution in [0.1, 0.15) is 52.0 Å². The molecule has 1 aliphatic carbocycles. The van der Waals surface area contributed by atoms with Gasteiger partial charge in [0, 0.05) is 35.5 Å². The molecule has 2 bridgehead atoms. The van der Waals surface area contributed by atoms with Crippen LogP contribution in [0.4, 0.5) is 15.8 Å². The van der Waals surface area contributed by atoms with Crippen LogP contribution in [0.3, 0.4) is 0 Å². The van der Waals surface area contributed by atoms with E-state index in [0.29, 0.717) is 45.8 Å². The van der Waals surface area contributed by atoms with E-state index in [0.717, 1.165) is 49.0 Å². The molecule has 4 atom stereocenters. The lowest BCUT2D eigenvalue weighted by molar-refractivity contribution is 0.0515. The van der Waals surface area contributed by atoms with Crippen molar-refractivity contribution in [2.45, 2.75) is 44.3 Å². The number of anilines is 2. The first kappa shape index (κ1) is 29.8. The number of fused-ring (bicyclic) bond motifs is 4. The van der Waals surface area contributed by atoms with Gasteiger partial charge in [-0.3, -0.25) is 4.79 Å². The van der Waals surface area contributed by atoms with Crippen LogP contribution in [-0.4, -0.2) is 69.0 Å². The molecular formula is C35H34Cl2FN3O5. The highest BCUT2D eigenvalue weighted by atomic mass is 35.5. The largest absolute Gasteiger partial charge is 0.472 e. The van der Waals surface area contributed by atoms with Crippen molar-refractivity contribution in [2.24, 2.45) is 11.8 Å². The van der Waals surface area contributed by atoms with Gasteiger partial charge < -0.3 is 28.9 Å². The Kier molecular flexibility index (Phi) is 7.54. The number of hydrogen-bond acceptors (Lipinski definition) is 7. The summed E-state index contributed by atoms with van der Waals surface area (Å²) in [5, 5.41) is 0.618. The van der Waals surface area contributed by atoms with E-state index >= 15 is 4.39 Å². The minimum atomic E-state index is -0.593.